The van der Waals surface area contributed by atoms with Gasteiger partial charge in [0.05, 0.1) is 5.69 Å². The fourth-order valence-corrected chi connectivity index (χ4v) is 1.22. The molecule has 0 aliphatic carbocycles. The van der Waals surface area contributed by atoms with Crippen molar-refractivity contribution in [2.45, 2.75) is 24.5 Å². The molecule has 1 rings (SSSR count). The maximum atomic E-state index is 10.8. The van der Waals surface area contributed by atoms with E-state index in [1.807, 2.05) is 0 Å². The second-order valence-corrected chi connectivity index (χ2v) is 4.73. The van der Waals surface area contributed by atoms with Gasteiger partial charge in [-0.05, 0) is 13.8 Å². The fourth-order valence-electron chi connectivity index (χ4n) is 0.763. The number of H-pyrrole nitrogens is 1. The molecular formula is C6H11N3O3S. The van der Waals surface area contributed by atoms with Crippen molar-refractivity contribution in [1.82, 2.24) is 10.2 Å². The molecular weight excluding hydrogens is 194 g/mol. The topological polar surface area (TPSA) is 109 Å². The standard InChI is InChI=1S/C6H11N3O3S/c1-6(2,10)4-3-5(9-8-4)13(7,11)12/h3,10H,1-2H3,(H,8,9)(H2,7,11,12). The number of hydrogen-bond donors (Lipinski definition) is 3. The lowest BCUT2D eigenvalue weighted by atomic mass is 10.1. The zero-order valence-electron chi connectivity index (χ0n) is 7.27. The van der Waals surface area contributed by atoms with Crippen molar-refractivity contribution in [2.75, 3.05) is 0 Å². The van der Waals surface area contributed by atoms with Crippen LogP contribution in [0.3, 0.4) is 0 Å². The van der Waals surface area contributed by atoms with Gasteiger partial charge in [0, 0.05) is 6.07 Å². The highest BCUT2D eigenvalue weighted by Crippen LogP contribution is 2.18. The lowest BCUT2D eigenvalue weighted by Gasteiger charge is -2.13. The number of hydrogen-bond acceptors (Lipinski definition) is 4. The minimum atomic E-state index is -3.80. The van der Waals surface area contributed by atoms with E-state index in [0.29, 0.717) is 5.69 Å². The summed E-state index contributed by atoms with van der Waals surface area (Å²) >= 11 is 0. The van der Waals surface area contributed by atoms with E-state index >= 15 is 0 Å². The number of aliphatic hydroxyl groups is 1. The second kappa shape index (κ2) is 2.79. The Kier molecular flexibility index (Phi) is 2.18. The molecule has 13 heavy (non-hydrogen) atoms. The predicted molar refractivity (Wildman–Crippen MR) is 45.2 cm³/mol. The number of sulfonamides is 1. The molecule has 0 aliphatic heterocycles. The third kappa shape index (κ3) is 2.27. The molecule has 0 saturated carbocycles. The summed E-state index contributed by atoms with van der Waals surface area (Å²) in [6, 6.07) is 1.20. The zero-order valence-corrected chi connectivity index (χ0v) is 8.09. The van der Waals surface area contributed by atoms with Gasteiger partial charge in [-0.25, -0.2) is 13.6 Å². The molecule has 0 saturated heterocycles. The van der Waals surface area contributed by atoms with Crippen molar-refractivity contribution in [3.8, 4) is 0 Å². The van der Waals surface area contributed by atoms with Gasteiger partial charge in [0.15, 0.2) is 5.03 Å². The molecule has 0 radical (unpaired) electrons. The van der Waals surface area contributed by atoms with Gasteiger partial charge in [0.1, 0.15) is 5.60 Å². The first-order valence-electron chi connectivity index (χ1n) is 3.52. The molecule has 0 aliphatic rings. The van der Waals surface area contributed by atoms with Crippen LogP contribution in [0, 0.1) is 0 Å². The van der Waals surface area contributed by atoms with Gasteiger partial charge in [0.25, 0.3) is 10.0 Å². The molecule has 0 spiro atoms. The van der Waals surface area contributed by atoms with E-state index in [1.165, 1.54) is 19.9 Å². The summed E-state index contributed by atoms with van der Waals surface area (Å²) in [5, 5.41) is 19.9. The number of primary sulfonamides is 1. The lowest BCUT2D eigenvalue weighted by molar-refractivity contribution is 0.0738. The van der Waals surface area contributed by atoms with Crippen molar-refractivity contribution in [3.05, 3.63) is 11.8 Å². The van der Waals surface area contributed by atoms with Crippen LogP contribution in [-0.4, -0.2) is 23.7 Å². The van der Waals surface area contributed by atoms with Crippen LogP contribution in [0.5, 0.6) is 0 Å². The first-order chi connectivity index (χ1) is 5.71. The normalized spacial score (nSPS) is 13.2. The van der Waals surface area contributed by atoms with E-state index < -0.39 is 15.6 Å². The van der Waals surface area contributed by atoms with E-state index in [9.17, 15) is 13.5 Å². The minimum Gasteiger partial charge on any atom is -0.384 e. The maximum absolute atomic E-state index is 10.8. The molecule has 0 amide bonds. The zero-order chi connectivity index (χ0) is 10.3. The van der Waals surface area contributed by atoms with Crippen LogP contribution in [0.2, 0.25) is 0 Å². The third-order valence-electron chi connectivity index (χ3n) is 1.50. The molecule has 0 atom stereocenters. The summed E-state index contributed by atoms with van der Waals surface area (Å²) < 4.78 is 21.6. The average Bonchev–Trinajstić information content (AvgIpc) is 2.28. The van der Waals surface area contributed by atoms with Crippen molar-refractivity contribution in [2.24, 2.45) is 5.14 Å². The Morgan fingerprint density at radius 1 is 1.62 bits per heavy atom. The number of aromatic amines is 1. The molecule has 1 heterocycles. The quantitative estimate of drug-likeness (QED) is 0.592. The van der Waals surface area contributed by atoms with E-state index in [2.05, 4.69) is 10.2 Å². The fraction of sp³-hybridized carbons (Fsp3) is 0.500. The van der Waals surface area contributed by atoms with Crippen LogP contribution in [0.1, 0.15) is 19.5 Å². The van der Waals surface area contributed by atoms with E-state index in [1.54, 1.807) is 0 Å². The number of aromatic nitrogens is 2. The lowest BCUT2D eigenvalue weighted by Crippen LogP contribution is -2.16. The largest absolute Gasteiger partial charge is 0.384 e. The molecule has 74 valence electrons. The van der Waals surface area contributed by atoms with Crippen LogP contribution in [-0.2, 0) is 15.6 Å². The van der Waals surface area contributed by atoms with Crippen molar-refractivity contribution >= 4 is 10.0 Å². The Hall–Kier alpha value is -0.920. The average molecular weight is 205 g/mol. The summed E-state index contributed by atoms with van der Waals surface area (Å²) in [7, 11) is -3.80. The van der Waals surface area contributed by atoms with Gasteiger partial charge < -0.3 is 5.11 Å². The van der Waals surface area contributed by atoms with Gasteiger partial charge in [-0.15, -0.1) is 0 Å². The maximum Gasteiger partial charge on any atom is 0.257 e. The Morgan fingerprint density at radius 2 is 2.15 bits per heavy atom. The van der Waals surface area contributed by atoms with Gasteiger partial charge in [0.2, 0.25) is 0 Å². The molecule has 0 bridgehead atoms. The van der Waals surface area contributed by atoms with Crippen molar-refractivity contribution < 1.29 is 13.5 Å². The summed E-state index contributed by atoms with van der Waals surface area (Å²) in [6.07, 6.45) is 0. The van der Waals surface area contributed by atoms with E-state index in [-0.39, 0.29) is 5.03 Å². The summed E-state index contributed by atoms with van der Waals surface area (Å²) in [6.45, 7) is 3.01. The second-order valence-electron chi connectivity index (χ2n) is 3.22. The number of nitrogens with one attached hydrogen (secondary N) is 1. The molecule has 1 aromatic heterocycles. The molecule has 0 unspecified atom stereocenters. The number of rotatable bonds is 2. The molecule has 4 N–H and O–H groups in total. The van der Waals surface area contributed by atoms with Gasteiger partial charge >= 0.3 is 0 Å². The molecule has 6 nitrogen and oxygen atoms in total. The molecule has 0 aromatic carbocycles. The van der Waals surface area contributed by atoms with Gasteiger partial charge in [-0.3, -0.25) is 5.10 Å². The smallest absolute Gasteiger partial charge is 0.257 e. The van der Waals surface area contributed by atoms with Crippen LogP contribution in [0.15, 0.2) is 11.1 Å². The Balaban J connectivity index is 3.16. The highest BCUT2D eigenvalue weighted by molar-refractivity contribution is 7.89. The van der Waals surface area contributed by atoms with Crippen LogP contribution < -0.4 is 5.14 Å². The molecule has 7 heteroatoms. The SMILES string of the molecule is CC(C)(O)c1cc(S(N)(=O)=O)n[nH]1. The van der Waals surface area contributed by atoms with Crippen molar-refractivity contribution in [1.29, 1.82) is 0 Å². The van der Waals surface area contributed by atoms with E-state index in [4.69, 9.17) is 5.14 Å². The van der Waals surface area contributed by atoms with Gasteiger partial charge in [-0.1, -0.05) is 0 Å². The summed E-state index contributed by atoms with van der Waals surface area (Å²) in [5.41, 5.74) is -0.854. The highest BCUT2D eigenvalue weighted by Gasteiger charge is 2.21. The molecule has 0 fully saturated rings. The third-order valence-corrected chi connectivity index (χ3v) is 2.30. The minimum absolute atomic E-state index is 0.273. The predicted octanol–water partition coefficient (Wildman–Crippen LogP) is -0.716. The van der Waals surface area contributed by atoms with Crippen LogP contribution in [0.25, 0.3) is 0 Å². The Bertz CT molecular complexity index is 401. The van der Waals surface area contributed by atoms with E-state index in [0.717, 1.165) is 0 Å². The first-order valence-corrected chi connectivity index (χ1v) is 5.07. The summed E-state index contributed by atoms with van der Waals surface area (Å²) in [4.78, 5) is 0. The Morgan fingerprint density at radius 3 is 2.38 bits per heavy atom. The monoisotopic (exact) mass is 205 g/mol. The van der Waals surface area contributed by atoms with Crippen LogP contribution in [0.4, 0.5) is 0 Å². The molecule has 1 aromatic rings. The Labute approximate surface area is 75.8 Å². The summed E-state index contributed by atoms with van der Waals surface area (Å²) in [5.74, 6) is 0. The first kappa shape index (κ1) is 10.2. The van der Waals surface area contributed by atoms with Gasteiger partial charge in [-0.2, -0.15) is 5.10 Å². The van der Waals surface area contributed by atoms with Crippen molar-refractivity contribution in [3.63, 3.8) is 0 Å². The highest BCUT2D eigenvalue weighted by atomic mass is 32.2. The number of nitrogens with two attached hydrogens (primary N) is 1. The number of nitrogens with zero attached hydrogens (tertiary/aromatic N) is 1. The van der Waals surface area contributed by atoms with Crippen LogP contribution >= 0.6 is 0 Å².